The lowest BCUT2D eigenvalue weighted by Crippen LogP contribution is -2.29. The number of fused-ring (bicyclic) bond motifs is 1. The molecule has 0 aliphatic carbocycles. The molecule has 0 saturated carbocycles. The van der Waals surface area contributed by atoms with Crippen LogP contribution in [0.25, 0.3) is 11.2 Å². The highest BCUT2D eigenvalue weighted by molar-refractivity contribution is 5.78. The zero-order chi connectivity index (χ0) is 18.6. The van der Waals surface area contributed by atoms with Crippen LogP contribution in [-0.4, -0.2) is 45.3 Å². The van der Waals surface area contributed by atoms with Crippen molar-refractivity contribution in [2.24, 2.45) is 0 Å². The fraction of sp³-hybridized carbons (Fsp3) is 0.368. The summed E-state index contributed by atoms with van der Waals surface area (Å²) in [5.74, 6) is -0.146. The molecule has 1 fully saturated rings. The molecule has 0 radical (unpaired) electrons. The van der Waals surface area contributed by atoms with Crippen molar-refractivity contribution in [1.29, 1.82) is 0 Å². The van der Waals surface area contributed by atoms with Gasteiger partial charge in [-0.3, -0.25) is 4.79 Å². The third kappa shape index (κ3) is 3.95. The van der Waals surface area contributed by atoms with Crippen LogP contribution in [0, 0.1) is 5.82 Å². The highest BCUT2D eigenvalue weighted by atomic mass is 19.1. The van der Waals surface area contributed by atoms with Crippen LogP contribution in [0.3, 0.4) is 0 Å². The van der Waals surface area contributed by atoms with Crippen LogP contribution in [0.4, 0.5) is 4.39 Å². The molecule has 2 aromatic heterocycles. The summed E-state index contributed by atoms with van der Waals surface area (Å²) >= 11 is 0. The number of rotatable bonds is 6. The first-order chi connectivity index (χ1) is 13.2. The van der Waals surface area contributed by atoms with Gasteiger partial charge in [0.25, 0.3) is 0 Å². The van der Waals surface area contributed by atoms with E-state index in [-0.39, 0.29) is 18.1 Å². The number of benzene rings is 1. The van der Waals surface area contributed by atoms with E-state index in [0.717, 1.165) is 36.4 Å². The Hall–Kier alpha value is -2.87. The van der Waals surface area contributed by atoms with Crippen LogP contribution in [0.2, 0.25) is 0 Å². The van der Waals surface area contributed by atoms with Gasteiger partial charge in [-0.05, 0) is 30.7 Å². The van der Waals surface area contributed by atoms with Gasteiger partial charge >= 0.3 is 0 Å². The summed E-state index contributed by atoms with van der Waals surface area (Å²) in [6.07, 6.45) is 4.52. The molecule has 1 unspecified atom stereocenters. The van der Waals surface area contributed by atoms with Crippen LogP contribution < -0.4 is 10.6 Å². The molecule has 1 saturated heterocycles. The van der Waals surface area contributed by atoms with Gasteiger partial charge in [0.2, 0.25) is 5.91 Å². The summed E-state index contributed by atoms with van der Waals surface area (Å²) in [5, 5.41) is 10.9. The summed E-state index contributed by atoms with van der Waals surface area (Å²) in [7, 11) is 0. The van der Waals surface area contributed by atoms with E-state index in [1.807, 2.05) is 0 Å². The van der Waals surface area contributed by atoms with E-state index in [1.54, 1.807) is 29.2 Å². The lowest BCUT2D eigenvalue weighted by atomic mass is 10.0. The zero-order valence-corrected chi connectivity index (χ0v) is 14.9. The number of halogens is 1. The Kier molecular flexibility index (Phi) is 5.06. The molecule has 2 N–H and O–H groups in total. The Balaban J connectivity index is 1.41. The van der Waals surface area contributed by atoms with Crippen molar-refractivity contribution < 1.29 is 9.18 Å². The molecule has 3 aromatic rings. The van der Waals surface area contributed by atoms with Gasteiger partial charge < -0.3 is 10.6 Å². The SMILES string of the molecule is O=C(Cc1cccc(F)c1)NCCn1nc(C2CCNC2)c2nccnc21. The van der Waals surface area contributed by atoms with Crippen molar-refractivity contribution in [2.75, 3.05) is 19.6 Å². The van der Waals surface area contributed by atoms with Crippen molar-refractivity contribution in [3.8, 4) is 0 Å². The Morgan fingerprint density at radius 2 is 2.22 bits per heavy atom. The van der Waals surface area contributed by atoms with Crippen LogP contribution in [0.15, 0.2) is 36.7 Å². The minimum absolute atomic E-state index is 0.149. The normalized spacial score (nSPS) is 16.7. The molecule has 4 rings (SSSR count). The summed E-state index contributed by atoms with van der Waals surface area (Å²) in [6.45, 7) is 2.80. The number of hydrogen-bond donors (Lipinski definition) is 2. The average molecular weight is 368 g/mol. The maximum Gasteiger partial charge on any atom is 0.224 e. The summed E-state index contributed by atoms with van der Waals surface area (Å²) in [5.41, 5.74) is 3.18. The van der Waals surface area contributed by atoms with Gasteiger partial charge in [0.05, 0.1) is 18.7 Å². The maximum atomic E-state index is 13.2. The van der Waals surface area contributed by atoms with E-state index >= 15 is 0 Å². The number of aromatic nitrogens is 4. The smallest absolute Gasteiger partial charge is 0.224 e. The molecule has 1 aliphatic heterocycles. The molecule has 1 amide bonds. The van der Waals surface area contributed by atoms with Crippen LogP contribution in [0.1, 0.15) is 23.6 Å². The fourth-order valence-corrected chi connectivity index (χ4v) is 3.44. The first-order valence-corrected chi connectivity index (χ1v) is 9.10. The number of hydrogen-bond acceptors (Lipinski definition) is 5. The van der Waals surface area contributed by atoms with E-state index in [2.05, 4.69) is 20.6 Å². The third-order valence-corrected chi connectivity index (χ3v) is 4.74. The second kappa shape index (κ2) is 7.79. The number of nitrogens with one attached hydrogen (secondary N) is 2. The average Bonchev–Trinajstić information content (AvgIpc) is 3.30. The van der Waals surface area contributed by atoms with Gasteiger partial charge in [0.15, 0.2) is 5.65 Å². The summed E-state index contributed by atoms with van der Waals surface area (Å²) in [6, 6.07) is 6.08. The minimum atomic E-state index is -0.337. The number of amides is 1. The molecular formula is C19H21FN6O. The van der Waals surface area contributed by atoms with Crippen molar-refractivity contribution in [3.63, 3.8) is 0 Å². The summed E-state index contributed by atoms with van der Waals surface area (Å²) in [4.78, 5) is 21.0. The largest absolute Gasteiger partial charge is 0.354 e. The molecule has 8 heteroatoms. The minimum Gasteiger partial charge on any atom is -0.354 e. The quantitative estimate of drug-likeness (QED) is 0.687. The van der Waals surface area contributed by atoms with Gasteiger partial charge in [0.1, 0.15) is 11.3 Å². The van der Waals surface area contributed by atoms with Crippen molar-refractivity contribution >= 4 is 17.1 Å². The van der Waals surface area contributed by atoms with Crippen molar-refractivity contribution in [3.05, 3.63) is 53.7 Å². The standard InChI is InChI=1S/C19H21FN6O/c20-15-3-1-2-13(10-15)11-16(27)22-8-9-26-19-18(23-6-7-24-19)17(25-26)14-4-5-21-12-14/h1-3,6-7,10,14,21H,4-5,8-9,11-12H2,(H,22,27). The topological polar surface area (TPSA) is 84.7 Å². The summed E-state index contributed by atoms with van der Waals surface area (Å²) < 4.78 is 15.0. The van der Waals surface area contributed by atoms with Gasteiger partial charge in [0, 0.05) is 31.4 Å². The third-order valence-electron chi connectivity index (χ3n) is 4.74. The predicted octanol–water partition coefficient (Wildman–Crippen LogP) is 1.40. The molecule has 0 bridgehead atoms. The molecule has 140 valence electrons. The monoisotopic (exact) mass is 368 g/mol. The van der Waals surface area contributed by atoms with E-state index in [4.69, 9.17) is 5.10 Å². The van der Waals surface area contributed by atoms with Gasteiger partial charge in [-0.1, -0.05) is 12.1 Å². The molecule has 7 nitrogen and oxygen atoms in total. The van der Waals surface area contributed by atoms with Gasteiger partial charge in [-0.25, -0.2) is 19.0 Å². The molecular weight excluding hydrogens is 347 g/mol. The van der Waals surface area contributed by atoms with E-state index < -0.39 is 0 Å². The zero-order valence-electron chi connectivity index (χ0n) is 14.9. The second-order valence-corrected chi connectivity index (χ2v) is 6.68. The van der Waals surface area contributed by atoms with Crippen LogP contribution >= 0.6 is 0 Å². The highest BCUT2D eigenvalue weighted by Gasteiger charge is 2.24. The molecule has 0 spiro atoms. The van der Waals surface area contributed by atoms with Crippen LogP contribution in [-0.2, 0) is 17.8 Å². The van der Waals surface area contributed by atoms with Crippen molar-refractivity contribution in [1.82, 2.24) is 30.4 Å². The Labute approximate surface area is 156 Å². The van der Waals surface area contributed by atoms with Crippen LogP contribution in [0.5, 0.6) is 0 Å². The molecule has 1 aliphatic rings. The maximum absolute atomic E-state index is 13.2. The Bertz CT molecular complexity index is 950. The van der Waals surface area contributed by atoms with Gasteiger partial charge in [-0.2, -0.15) is 5.10 Å². The first kappa shape index (κ1) is 17.5. The Morgan fingerprint density at radius 3 is 3.04 bits per heavy atom. The first-order valence-electron chi connectivity index (χ1n) is 9.10. The number of carbonyl (C=O) groups excluding carboxylic acids is 1. The molecule has 1 atom stereocenters. The highest BCUT2D eigenvalue weighted by Crippen LogP contribution is 2.26. The number of carbonyl (C=O) groups is 1. The van der Waals surface area contributed by atoms with Gasteiger partial charge in [-0.15, -0.1) is 0 Å². The lowest BCUT2D eigenvalue weighted by molar-refractivity contribution is -0.120. The molecule has 27 heavy (non-hydrogen) atoms. The van der Waals surface area contributed by atoms with Crippen molar-refractivity contribution in [2.45, 2.75) is 25.3 Å². The lowest BCUT2D eigenvalue weighted by Gasteiger charge is -2.07. The van der Waals surface area contributed by atoms with E-state index in [1.165, 1.54) is 12.1 Å². The predicted molar refractivity (Wildman–Crippen MR) is 98.7 cm³/mol. The van der Waals surface area contributed by atoms with E-state index in [9.17, 15) is 9.18 Å². The number of nitrogens with zero attached hydrogens (tertiary/aromatic N) is 4. The van der Waals surface area contributed by atoms with E-state index in [0.29, 0.717) is 24.6 Å². The second-order valence-electron chi connectivity index (χ2n) is 6.68. The molecule has 1 aromatic carbocycles. The Morgan fingerprint density at radius 1 is 1.33 bits per heavy atom. The molecule has 3 heterocycles. The fourth-order valence-electron chi connectivity index (χ4n) is 3.44.